The van der Waals surface area contributed by atoms with Crippen LogP contribution in [-0.2, 0) is 14.8 Å². The SMILES string of the molecule is O=C=NC1CCCCN1S(=O)(=O)CC1CCCCC1. The molecule has 2 aliphatic rings. The first-order valence-electron chi connectivity index (χ1n) is 7.20. The minimum atomic E-state index is -3.29. The van der Waals surface area contributed by atoms with Gasteiger partial charge < -0.3 is 0 Å². The van der Waals surface area contributed by atoms with E-state index in [4.69, 9.17) is 0 Å². The van der Waals surface area contributed by atoms with Crippen LogP contribution in [0.2, 0.25) is 0 Å². The molecule has 2 rings (SSSR count). The summed E-state index contributed by atoms with van der Waals surface area (Å²) < 4.78 is 26.4. The Labute approximate surface area is 115 Å². The van der Waals surface area contributed by atoms with Crippen LogP contribution in [0.5, 0.6) is 0 Å². The summed E-state index contributed by atoms with van der Waals surface area (Å²) in [4.78, 5) is 14.1. The van der Waals surface area contributed by atoms with Crippen molar-refractivity contribution in [3.8, 4) is 0 Å². The molecule has 1 aliphatic heterocycles. The highest BCUT2D eigenvalue weighted by Crippen LogP contribution is 2.28. The highest BCUT2D eigenvalue weighted by molar-refractivity contribution is 7.89. The maximum absolute atomic E-state index is 12.5. The molecule has 1 saturated heterocycles. The number of nitrogens with zero attached hydrogens (tertiary/aromatic N) is 2. The van der Waals surface area contributed by atoms with Gasteiger partial charge in [-0.25, -0.2) is 13.2 Å². The standard InChI is InChI=1S/C13H22N2O3S/c16-11-14-13-8-4-5-9-15(13)19(17,18)10-12-6-2-1-3-7-12/h12-13H,1-10H2. The number of aliphatic imine (C=N–C) groups is 1. The van der Waals surface area contributed by atoms with Gasteiger partial charge in [-0.15, -0.1) is 0 Å². The molecule has 6 heteroatoms. The second-order valence-corrected chi connectivity index (χ2v) is 7.56. The fourth-order valence-electron chi connectivity index (χ4n) is 3.15. The highest BCUT2D eigenvalue weighted by Gasteiger charge is 2.34. The Hall–Kier alpha value is -0.710. The second-order valence-electron chi connectivity index (χ2n) is 5.59. The van der Waals surface area contributed by atoms with Gasteiger partial charge in [0.2, 0.25) is 16.1 Å². The van der Waals surface area contributed by atoms with Crippen LogP contribution in [0.4, 0.5) is 0 Å². The van der Waals surface area contributed by atoms with Crippen LogP contribution in [-0.4, -0.2) is 37.3 Å². The van der Waals surface area contributed by atoms with Gasteiger partial charge >= 0.3 is 0 Å². The third kappa shape index (κ3) is 3.88. The maximum atomic E-state index is 12.5. The van der Waals surface area contributed by atoms with E-state index in [-0.39, 0.29) is 11.7 Å². The van der Waals surface area contributed by atoms with E-state index in [0.717, 1.165) is 38.5 Å². The Morgan fingerprint density at radius 2 is 1.74 bits per heavy atom. The maximum Gasteiger partial charge on any atom is 0.236 e. The molecule has 2 fully saturated rings. The lowest BCUT2D eigenvalue weighted by molar-refractivity contribution is 0.255. The molecule has 0 aromatic carbocycles. The van der Waals surface area contributed by atoms with Gasteiger partial charge in [0.05, 0.1) is 5.75 Å². The Bertz CT molecular complexity index is 437. The lowest BCUT2D eigenvalue weighted by Gasteiger charge is -2.33. The normalized spacial score (nSPS) is 26.8. The van der Waals surface area contributed by atoms with E-state index in [1.165, 1.54) is 16.8 Å². The first kappa shape index (κ1) is 14.7. The predicted molar refractivity (Wildman–Crippen MR) is 72.8 cm³/mol. The van der Waals surface area contributed by atoms with E-state index in [9.17, 15) is 13.2 Å². The van der Waals surface area contributed by atoms with Crippen molar-refractivity contribution >= 4 is 16.1 Å². The summed E-state index contributed by atoms with van der Waals surface area (Å²) in [6.45, 7) is 0.491. The Morgan fingerprint density at radius 3 is 2.42 bits per heavy atom. The van der Waals surface area contributed by atoms with E-state index in [0.29, 0.717) is 13.0 Å². The Kier molecular flexibility index (Phi) is 5.13. The Morgan fingerprint density at radius 1 is 1.05 bits per heavy atom. The zero-order valence-electron chi connectivity index (χ0n) is 11.3. The van der Waals surface area contributed by atoms with E-state index in [2.05, 4.69) is 4.99 Å². The lowest BCUT2D eigenvalue weighted by Crippen LogP contribution is -2.44. The topological polar surface area (TPSA) is 66.8 Å². The highest BCUT2D eigenvalue weighted by atomic mass is 32.2. The number of rotatable bonds is 4. The molecular weight excluding hydrogens is 264 g/mol. The monoisotopic (exact) mass is 286 g/mol. The number of isocyanates is 1. The number of piperidine rings is 1. The molecule has 108 valence electrons. The average molecular weight is 286 g/mol. The quantitative estimate of drug-likeness (QED) is 0.587. The summed E-state index contributed by atoms with van der Waals surface area (Å²) >= 11 is 0. The van der Waals surface area contributed by atoms with Crippen LogP contribution < -0.4 is 0 Å². The van der Waals surface area contributed by atoms with Crippen molar-refractivity contribution in [2.45, 2.75) is 57.5 Å². The van der Waals surface area contributed by atoms with Crippen LogP contribution >= 0.6 is 0 Å². The van der Waals surface area contributed by atoms with Gasteiger partial charge in [0.15, 0.2) is 0 Å². The molecule has 1 atom stereocenters. The van der Waals surface area contributed by atoms with Gasteiger partial charge in [-0.2, -0.15) is 9.30 Å². The van der Waals surface area contributed by atoms with Crippen LogP contribution in [0.1, 0.15) is 51.4 Å². The molecule has 19 heavy (non-hydrogen) atoms. The lowest BCUT2D eigenvalue weighted by atomic mass is 9.91. The van der Waals surface area contributed by atoms with Crippen LogP contribution in [0.25, 0.3) is 0 Å². The number of hydrogen-bond acceptors (Lipinski definition) is 4. The number of sulfonamides is 1. The molecule has 1 unspecified atom stereocenters. The molecule has 1 saturated carbocycles. The molecule has 0 spiro atoms. The summed E-state index contributed by atoms with van der Waals surface area (Å²) in [7, 11) is -3.29. The van der Waals surface area contributed by atoms with Crippen molar-refractivity contribution in [1.29, 1.82) is 0 Å². The van der Waals surface area contributed by atoms with E-state index in [1.54, 1.807) is 0 Å². The van der Waals surface area contributed by atoms with Crippen molar-refractivity contribution in [3.63, 3.8) is 0 Å². The van der Waals surface area contributed by atoms with Gasteiger partial charge in [-0.1, -0.05) is 19.3 Å². The molecule has 1 aliphatic carbocycles. The third-order valence-electron chi connectivity index (χ3n) is 4.15. The molecule has 0 bridgehead atoms. The van der Waals surface area contributed by atoms with Crippen molar-refractivity contribution < 1.29 is 13.2 Å². The average Bonchev–Trinajstić information content (AvgIpc) is 2.40. The fourth-order valence-corrected chi connectivity index (χ4v) is 5.20. The van der Waals surface area contributed by atoms with Gasteiger partial charge in [-0.3, -0.25) is 0 Å². The van der Waals surface area contributed by atoms with E-state index in [1.807, 2.05) is 0 Å². The van der Waals surface area contributed by atoms with Crippen LogP contribution in [0, 0.1) is 5.92 Å². The molecule has 0 radical (unpaired) electrons. The molecular formula is C13H22N2O3S. The minimum Gasteiger partial charge on any atom is -0.212 e. The molecule has 0 amide bonds. The van der Waals surface area contributed by atoms with E-state index < -0.39 is 16.2 Å². The molecule has 0 aromatic rings. The van der Waals surface area contributed by atoms with Gasteiger partial charge in [-0.05, 0) is 38.0 Å². The molecule has 1 heterocycles. The summed E-state index contributed by atoms with van der Waals surface area (Å²) in [6, 6.07) is 0. The second kappa shape index (κ2) is 6.64. The summed E-state index contributed by atoms with van der Waals surface area (Å²) in [6.07, 6.45) is 8.92. The molecule has 0 aromatic heterocycles. The largest absolute Gasteiger partial charge is 0.236 e. The van der Waals surface area contributed by atoms with Gasteiger partial charge in [0.25, 0.3) is 0 Å². The van der Waals surface area contributed by atoms with Crippen molar-refractivity contribution in [2.24, 2.45) is 10.9 Å². The molecule has 0 N–H and O–H groups in total. The number of hydrogen-bond donors (Lipinski definition) is 0. The van der Waals surface area contributed by atoms with Crippen LogP contribution in [0.15, 0.2) is 4.99 Å². The molecule has 5 nitrogen and oxygen atoms in total. The summed E-state index contributed by atoms with van der Waals surface area (Å²) in [5.74, 6) is 0.499. The minimum absolute atomic E-state index is 0.220. The first-order valence-corrected chi connectivity index (χ1v) is 8.81. The third-order valence-corrected chi connectivity index (χ3v) is 6.19. The summed E-state index contributed by atoms with van der Waals surface area (Å²) in [5.41, 5.74) is 0. The summed E-state index contributed by atoms with van der Waals surface area (Å²) in [5, 5.41) is 0. The van der Waals surface area contributed by atoms with Gasteiger partial charge in [0, 0.05) is 6.54 Å². The van der Waals surface area contributed by atoms with Gasteiger partial charge in [0.1, 0.15) is 6.17 Å². The van der Waals surface area contributed by atoms with Crippen molar-refractivity contribution in [1.82, 2.24) is 4.31 Å². The van der Waals surface area contributed by atoms with Crippen molar-refractivity contribution in [2.75, 3.05) is 12.3 Å². The Balaban J connectivity index is 2.05. The van der Waals surface area contributed by atoms with Crippen LogP contribution in [0.3, 0.4) is 0 Å². The van der Waals surface area contributed by atoms with E-state index >= 15 is 0 Å². The first-order chi connectivity index (χ1) is 9.13. The zero-order valence-corrected chi connectivity index (χ0v) is 12.1. The predicted octanol–water partition coefficient (Wildman–Crippen LogP) is 2.04. The fraction of sp³-hybridized carbons (Fsp3) is 0.923. The van der Waals surface area contributed by atoms with Crippen molar-refractivity contribution in [3.05, 3.63) is 0 Å². The smallest absolute Gasteiger partial charge is 0.212 e. The number of carbonyl (C=O) groups excluding carboxylic acids is 1. The zero-order chi connectivity index (χ0) is 13.7.